The molecule has 6 nitrogen and oxygen atoms in total. The molecule has 1 amide bonds. The lowest BCUT2D eigenvalue weighted by Crippen LogP contribution is -2.27. The molecule has 1 aliphatic heterocycles. The molecule has 0 aromatic carbocycles. The van der Waals surface area contributed by atoms with E-state index in [1.165, 1.54) is 4.90 Å². The Labute approximate surface area is 111 Å². The highest BCUT2D eigenvalue weighted by atomic mass is 16.4. The lowest BCUT2D eigenvalue weighted by atomic mass is 9.92. The lowest BCUT2D eigenvalue weighted by molar-refractivity contribution is -0.141. The van der Waals surface area contributed by atoms with Crippen LogP contribution in [0.4, 0.5) is 5.82 Å². The first-order valence-electron chi connectivity index (χ1n) is 6.16. The molecule has 0 saturated carbocycles. The van der Waals surface area contributed by atoms with E-state index in [-0.39, 0.29) is 24.3 Å². The Kier molecular flexibility index (Phi) is 3.26. The topological polar surface area (TPSA) is 83.4 Å². The fraction of sp³-hybridized carbons (Fsp3) is 0.538. The third kappa shape index (κ3) is 2.72. The van der Waals surface area contributed by atoms with E-state index in [1.807, 2.05) is 26.8 Å². The predicted octanol–water partition coefficient (Wildman–Crippen LogP) is 1.21. The van der Waals surface area contributed by atoms with Gasteiger partial charge in [-0.1, -0.05) is 20.8 Å². The normalized spacial score (nSPS) is 19.8. The van der Waals surface area contributed by atoms with Crippen LogP contribution < -0.4 is 4.90 Å². The monoisotopic (exact) mass is 263 g/mol. The zero-order valence-corrected chi connectivity index (χ0v) is 11.3. The first-order chi connectivity index (χ1) is 8.79. The standard InChI is InChI=1S/C13H17N3O3/c1-13(2,3)9-4-5-10(15-14-9)16-7-8(12(18)19)6-11(16)17/h4-5,8H,6-7H2,1-3H3,(H,18,19). The molecule has 1 atom stereocenters. The van der Waals surface area contributed by atoms with E-state index in [0.29, 0.717) is 5.82 Å². The maximum Gasteiger partial charge on any atom is 0.308 e. The molecule has 102 valence electrons. The fourth-order valence-corrected chi connectivity index (χ4v) is 1.96. The molecule has 19 heavy (non-hydrogen) atoms. The Hall–Kier alpha value is -1.98. The maximum atomic E-state index is 11.8. The van der Waals surface area contributed by atoms with Crippen molar-refractivity contribution in [2.45, 2.75) is 32.6 Å². The number of nitrogens with zero attached hydrogens (tertiary/aromatic N) is 3. The number of carboxylic acids is 1. The van der Waals surface area contributed by atoms with Crippen LogP contribution in [0.3, 0.4) is 0 Å². The van der Waals surface area contributed by atoms with Crippen molar-refractivity contribution < 1.29 is 14.7 Å². The molecule has 0 aliphatic carbocycles. The minimum Gasteiger partial charge on any atom is -0.481 e. The van der Waals surface area contributed by atoms with Gasteiger partial charge in [-0.3, -0.25) is 14.5 Å². The van der Waals surface area contributed by atoms with Crippen LogP contribution in [0.5, 0.6) is 0 Å². The van der Waals surface area contributed by atoms with Gasteiger partial charge >= 0.3 is 5.97 Å². The number of anilines is 1. The van der Waals surface area contributed by atoms with Crippen molar-refractivity contribution in [2.75, 3.05) is 11.4 Å². The molecule has 1 aliphatic rings. The van der Waals surface area contributed by atoms with Crippen LogP contribution in [0.1, 0.15) is 32.9 Å². The Morgan fingerprint density at radius 3 is 2.47 bits per heavy atom. The molecule has 2 heterocycles. The van der Waals surface area contributed by atoms with Crippen LogP contribution in [-0.2, 0) is 15.0 Å². The molecule has 1 fully saturated rings. The minimum absolute atomic E-state index is 0.0258. The summed E-state index contributed by atoms with van der Waals surface area (Å²) in [4.78, 5) is 24.0. The largest absolute Gasteiger partial charge is 0.481 e. The van der Waals surface area contributed by atoms with Crippen LogP contribution in [0, 0.1) is 5.92 Å². The minimum atomic E-state index is -0.949. The van der Waals surface area contributed by atoms with Gasteiger partial charge in [0, 0.05) is 18.4 Å². The molecule has 6 heteroatoms. The number of carbonyl (C=O) groups is 2. The average molecular weight is 263 g/mol. The summed E-state index contributed by atoms with van der Waals surface area (Å²) in [6.07, 6.45) is 0.0258. The molecule has 1 N–H and O–H groups in total. The van der Waals surface area contributed by atoms with Crippen molar-refractivity contribution >= 4 is 17.7 Å². The number of aromatic nitrogens is 2. The highest BCUT2D eigenvalue weighted by Crippen LogP contribution is 2.25. The van der Waals surface area contributed by atoms with Gasteiger partial charge in [0.25, 0.3) is 0 Å². The molecule has 0 radical (unpaired) electrons. The second kappa shape index (κ2) is 4.60. The average Bonchev–Trinajstić information content (AvgIpc) is 2.70. The molecule has 1 aromatic heterocycles. The van der Waals surface area contributed by atoms with Crippen LogP contribution in [0.25, 0.3) is 0 Å². The molecule has 1 saturated heterocycles. The molecule has 2 rings (SSSR count). The van der Waals surface area contributed by atoms with E-state index in [4.69, 9.17) is 5.11 Å². The quantitative estimate of drug-likeness (QED) is 0.867. The lowest BCUT2D eigenvalue weighted by Gasteiger charge is -2.19. The third-order valence-electron chi connectivity index (χ3n) is 3.17. The molecule has 1 unspecified atom stereocenters. The van der Waals surface area contributed by atoms with E-state index in [2.05, 4.69) is 10.2 Å². The van der Waals surface area contributed by atoms with Crippen molar-refractivity contribution in [1.29, 1.82) is 0 Å². The van der Waals surface area contributed by atoms with Gasteiger partial charge < -0.3 is 5.11 Å². The summed E-state index contributed by atoms with van der Waals surface area (Å²) >= 11 is 0. The van der Waals surface area contributed by atoms with Gasteiger partial charge in [0.05, 0.1) is 11.6 Å². The Morgan fingerprint density at radius 1 is 1.37 bits per heavy atom. The zero-order valence-electron chi connectivity index (χ0n) is 11.3. The summed E-state index contributed by atoms with van der Waals surface area (Å²) in [6.45, 7) is 6.24. The summed E-state index contributed by atoms with van der Waals surface area (Å²) in [5, 5.41) is 17.1. The van der Waals surface area contributed by atoms with Gasteiger partial charge in [0.1, 0.15) is 0 Å². The van der Waals surface area contributed by atoms with Gasteiger partial charge in [0.15, 0.2) is 5.82 Å². The Morgan fingerprint density at radius 2 is 2.05 bits per heavy atom. The number of rotatable bonds is 2. The van der Waals surface area contributed by atoms with Crippen LogP contribution in [0.15, 0.2) is 12.1 Å². The fourth-order valence-electron chi connectivity index (χ4n) is 1.96. The zero-order chi connectivity index (χ0) is 14.2. The predicted molar refractivity (Wildman–Crippen MR) is 68.8 cm³/mol. The Bertz CT molecular complexity index is 505. The van der Waals surface area contributed by atoms with Crippen molar-refractivity contribution in [2.24, 2.45) is 5.92 Å². The van der Waals surface area contributed by atoms with Gasteiger partial charge in [-0.05, 0) is 12.1 Å². The summed E-state index contributed by atoms with van der Waals surface area (Å²) in [5.74, 6) is -1.40. The van der Waals surface area contributed by atoms with Gasteiger partial charge in [-0.25, -0.2) is 0 Å². The van der Waals surface area contributed by atoms with Crippen molar-refractivity contribution in [3.63, 3.8) is 0 Å². The number of hydrogen-bond donors (Lipinski definition) is 1. The second-order valence-electron chi connectivity index (χ2n) is 5.77. The maximum absolute atomic E-state index is 11.8. The summed E-state index contributed by atoms with van der Waals surface area (Å²) in [7, 11) is 0. The molecular formula is C13H17N3O3. The van der Waals surface area contributed by atoms with Crippen molar-refractivity contribution in [3.05, 3.63) is 17.8 Å². The van der Waals surface area contributed by atoms with Crippen LogP contribution >= 0.6 is 0 Å². The van der Waals surface area contributed by atoms with E-state index < -0.39 is 11.9 Å². The number of hydrogen-bond acceptors (Lipinski definition) is 4. The first kappa shape index (κ1) is 13.5. The number of carboxylic acid groups (broad SMARTS) is 1. The summed E-state index contributed by atoms with van der Waals surface area (Å²) < 4.78 is 0. The number of aliphatic carboxylic acids is 1. The smallest absolute Gasteiger partial charge is 0.308 e. The van der Waals surface area contributed by atoms with Crippen LogP contribution in [0.2, 0.25) is 0 Å². The summed E-state index contributed by atoms with van der Waals surface area (Å²) in [5.41, 5.74) is 0.724. The van der Waals surface area contributed by atoms with E-state index >= 15 is 0 Å². The molecular weight excluding hydrogens is 246 g/mol. The highest BCUT2D eigenvalue weighted by Gasteiger charge is 2.35. The van der Waals surface area contributed by atoms with Gasteiger partial charge in [-0.15, -0.1) is 5.10 Å². The SMILES string of the molecule is CC(C)(C)c1ccc(N2CC(C(=O)O)CC2=O)nn1. The van der Waals surface area contributed by atoms with E-state index in [0.717, 1.165) is 5.69 Å². The molecule has 0 bridgehead atoms. The highest BCUT2D eigenvalue weighted by molar-refractivity contribution is 5.98. The van der Waals surface area contributed by atoms with Gasteiger partial charge in [0.2, 0.25) is 5.91 Å². The molecule has 1 aromatic rings. The summed E-state index contributed by atoms with van der Waals surface area (Å²) in [6, 6.07) is 3.54. The van der Waals surface area contributed by atoms with Crippen LogP contribution in [-0.4, -0.2) is 33.7 Å². The molecule has 0 spiro atoms. The van der Waals surface area contributed by atoms with E-state index in [1.54, 1.807) is 6.07 Å². The number of carbonyl (C=O) groups excluding carboxylic acids is 1. The van der Waals surface area contributed by atoms with Crippen molar-refractivity contribution in [1.82, 2.24) is 10.2 Å². The van der Waals surface area contributed by atoms with E-state index in [9.17, 15) is 9.59 Å². The third-order valence-corrected chi connectivity index (χ3v) is 3.17. The Balaban J connectivity index is 2.19. The second-order valence-corrected chi connectivity index (χ2v) is 5.77. The first-order valence-corrected chi connectivity index (χ1v) is 6.16. The van der Waals surface area contributed by atoms with Crippen molar-refractivity contribution in [3.8, 4) is 0 Å². The number of amides is 1. The van der Waals surface area contributed by atoms with Gasteiger partial charge in [-0.2, -0.15) is 5.10 Å².